The van der Waals surface area contributed by atoms with Gasteiger partial charge in [-0.3, -0.25) is 9.10 Å². The molecule has 0 spiro atoms. The molecule has 0 bridgehead atoms. The van der Waals surface area contributed by atoms with Crippen molar-refractivity contribution >= 4 is 33.3 Å². The molecular formula is C16H16N4O5S. The van der Waals surface area contributed by atoms with Crippen molar-refractivity contribution in [2.45, 2.75) is 12.8 Å². The van der Waals surface area contributed by atoms with Gasteiger partial charge in [0.2, 0.25) is 10.0 Å². The van der Waals surface area contributed by atoms with E-state index in [2.05, 4.69) is 15.3 Å². The van der Waals surface area contributed by atoms with Crippen LogP contribution >= 0.6 is 0 Å². The smallest absolute Gasteiger partial charge is 0.356 e. The lowest BCUT2D eigenvalue weighted by Crippen LogP contribution is -2.37. The Morgan fingerprint density at radius 2 is 1.85 bits per heavy atom. The van der Waals surface area contributed by atoms with Crippen molar-refractivity contribution in [2.24, 2.45) is 0 Å². The summed E-state index contributed by atoms with van der Waals surface area (Å²) >= 11 is 0. The molecule has 0 unspecified atom stereocenters. The van der Waals surface area contributed by atoms with Crippen LogP contribution in [0, 0.1) is 0 Å². The zero-order valence-corrected chi connectivity index (χ0v) is 14.4. The van der Waals surface area contributed by atoms with E-state index >= 15 is 0 Å². The standard InChI is InChI=1S/C16H16N4O5S/c21-15(13-14(16(22)23)18-7-6-17-13)19-11-4-3-5-12(10-11)20-8-1-2-9-26(20,24)25/h3-7,10H,1-2,8-9H2,(H,19,21)(H,22,23). The van der Waals surface area contributed by atoms with Gasteiger partial charge in [-0.05, 0) is 31.0 Å². The van der Waals surface area contributed by atoms with Crippen molar-refractivity contribution in [3.63, 3.8) is 0 Å². The molecule has 26 heavy (non-hydrogen) atoms. The predicted octanol–water partition coefficient (Wildman–Crippen LogP) is 1.36. The molecular weight excluding hydrogens is 360 g/mol. The largest absolute Gasteiger partial charge is 0.476 e. The quantitative estimate of drug-likeness (QED) is 0.824. The molecule has 1 amide bonds. The van der Waals surface area contributed by atoms with E-state index in [1.54, 1.807) is 18.2 Å². The summed E-state index contributed by atoms with van der Waals surface area (Å²) in [7, 11) is -3.37. The van der Waals surface area contributed by atoms with Crippen LogP contribution < -0.4 is 9.62 Å². The van der Waals surface area contributed by atoms with Gasteiger partial charge in [-0.15, -0.1) is 0 Å². The number of carboxylic acids is 1. The van der Waals surface area contributed by atoms with Gasteiger partial charge in [0.15, 0.2) is 11.4 Å². The van der Waals surface area contributed by atoms with Crippen LogP contribution in [-0.4, -0.2) is 47.7 Å². The second-order valence-corrected chi connectivity index (χ2v) is 7.67. The molecule has 1 aromatic heterocycles. The summed E-state index contributed by atoms with van der Waals surface area (Å²) in [6, 6.07) is 6.36. The van der Waals surface area contributed by atoms with Crippen molar-refractivity contribution in [1.29, 1.82) is 0 Å². The monoisotopic (exact) mass is 376 g/mol. The van der Waals surface area contributed by atoms with Gasteiger partial charge in [-0.1, -0.05) is 6.07 Å². The van der Waals surface area contributed by atoms with E-state index in [1.807, 2.05) is 0 Å². The van der Waals surface area contributed by atoms with Gasteiger partial charge < -0.3 is 10.4 Å². The molecule has 0 radical (unpaired) electrons. The number of hydrogen-bond donors (Lipinski definition) is 2. The first-order valence-corrected chi connectivity index (χ1v) is 9.45. The molecule has 1 fully saturated rings. The number of benzene rings is 1. The number of carboxylic acid groups (broad SMARTS) is 1. The van der Waals surface area contributed by atoms with Crippen LogP contribution in [0.15, 0.2) is 36.7 Å². The number of nitrogens with one attached hydrogen (secondary N) is 1. The predicted molar refractivity (Wildman–Crippen MR) is 93.8 cm³/mol. The van der Waals surface area contributed by atoms with Crippen LogP contribution in [0.2, 0.25) is 0 Å². The Hall–Kier alpha value is -3.01. The van der Waals surface area contributed by atoms with Crippen LogP contribution in [0.5, 0.6) is 0 Å². The maximum Gasteiger partial charge on any atom is 0.356 e. The van der Waals surface area contributed by atoms with E-state index in [0.29, 0.717) is 24.3 Å². The zero-order chi connectivity index (χ0) is 18.7. The second-order valence-electron chi connectivity index (χ2n) is 5.66. The summed E-state index contributed by atoms with van der Waals surface area (Å²) < 4.78 is 25.7. The number of aromatic nitrogens is 2. The summed E-state index contributed by atoms with van der Waals surface area (Å²) in [5.41, 5.74) is -0.00821. The molecule has 2 N–H and O–H groups in total. The Kier molecular flexibility index (Phi) is 4.85. The number of carbonyl (C=O) groups excluding carboxylic acids is 1. The number of rotatable bonds is 4. The molecule has 9 nitrogen and oxygen atoms in total. The van der Waals surface area contributed by atoms with Crippen LogP contribution in [0.1, 0.15) is 33.8 Å². The maximum absolute atomic E-state index is 12.3. The van der Waals surface area contributed by atoms with Crippen molar-refractivity contribution in [3.05, 3.63) is 48.0 Å². The lowest BCUT2D eigenvalue weighted by molar-refractivity contribution is 0.0685. The molecule has 3 rings (SSSR count). The van der Waals surface area contributed by atoms with E-state index in [9.17, 15) is 18.0 Å². The fourth-order valence-corrected chi connectivity index (χ4v) is 4.30. The highest BCUT2D eigenvalue weighted by Gasteiger charge is 2.26. The number of anilines is 2. The molecule has 1 aliphatic rings. The number of carbonyl (C=O) groups is 2. The summed E-state index contributed by atoms with van der Waals surface area (Å²) in [5.74, 6) is -2.02. The highest BCUT2D eigenvalue weighted by Crippen LogP contribution is 2.26. The number of aromatic carboxylic acids is 1. The zero-order valence-electron chi connectivity index (χ0n) is 13.6. The molecule has 2 aromatic rings. The highest BCUT2D eigenvalue weighted by atomic mass is 32.2. The normalized spacial score (nSPS) is 16.1. The SMILES string of the molecule is O=C(O)c1nccnc1C(=O)Nc1cccc(N2CCCCS2(=O)=O)c1. The Morgan fingerprint density at radius 3 is 2.54 bits per heavy atom. The second kappa shape index (κ2) is 7.08. The van der Waals surface area contributed by atoms with Gasteiger partial charge in [0.05, 0.1) is 11.4 Å². The molecule has 0 atom stereocenters. The summed E-state index contributed by atoms with van der Waals surface area (Å²) in [5, 5.41) is 11.6. The van der Waals surface area contributed by atoms with Crippen LogP contribution in [0.3, 0.4) is 0 Å². The summed E-state index contributed by atoms with van der Waals surface area (Å²) in [6.07, 6.45) is 3.79. The minimum Gasteiger partial charge on any atom is -0.476 e. The third-order valence-electron chi connectivity index (χ3n) is 3.86. The van der Waals surface area contributed by atoms with Crippen LogP contribution in [0.4, 0.5) is 11.4 Å². The Balaban J connectivity index is 1.86. The third-order valence-corrected chi connectivity index (χ3v) is 5.73. The Bertz CT molecular complexity index is 961. The molecule has 0 aliphatic carbocycles. The molecule has 1 aliphatic heterocycles. The van der Waals surface area contributed by atoms with Gasteiger partial charge >= 0.3 is 5.97 Å². The van der Waals surface area contributed by atoms with E-state index in [0.717, 1.165) is 6.42 Å². The number of nitrogens with zero attached hydrogens (tertiary/aromatic N) is 3. The first-order valence-electron chi connectivity index (χ1n) is 7.84. The fraction of sp³-hybridized carbons (Fsp3) is 0.250. The lowest BCUT2D eigenvalue weighted by Gasteiger charge is -2.28. The van der Waals surface area contributed by atoms with E-state index < -0.39 is 27.6 Å². The molecule has 136 valence electrons. The Morgan fingerprint density at radius 1 is 1.12 bits per heavy atom. The highest BCUT2D eigenvalue weighted by molar-refractivity contribution is 7.92. The van der Waals surface area contributed by atoms with Gasteiger partial charge in [0.1, 0.15) is 0 Å². The van der Waals surface area contributed by atoms with E-state index in [4.69, 9.17) is 5.11 Å². The fourth-order valence-electron chi connectivity index (χ4n) is 2.67. The van der Waals surface area contributed by atoms with Crippen LogP contribution in [0.25, 0.3) is 0 Å². The van der Waals surface area contributed by atoms with E-state index in [1.165, 1.54) is 22.8 Å². The number of hydrogen-bond acceptors (Lipinski definition) is 6. The first kappa shape index (κ1) is 17.8. The average molecular weight is 376 g/mol. The molecule has 0 saturated carbocycles. The Labute approximate surface area is 149 Å². The number of sulfonamides is 1. The number of amides is 1. The average Bonchev–Trinajstić information content (AvgIpc) is 2.61. The van der Waals surface area contributed by atoms with Crippen LogP contribution in [-0.2, 0) is 10.0 Å². The van der Waals surface area contributed by atoms with Crippen molar-refractivity contribution in [1.82, 2.24) is 9.97 Å². The maximum atomic E-state index is 12.3. The summed E-state index contributed by atoms with van der Waals surface area (Å²) in [6.45, 7) is 0.382. The van der Waals surface area contributed by atoms with Gasteiger partial charge in [-0.25, -0.2) is 23.2 Å². The van der Waals surface area contributed by atoms with Crippen molar-refractivity contribution < 1.29 is 23.1 Å². The van der Waals surface area contributed by atoms with Crippen molar-refractivity contribution in [3.8, 4) is 0 Å². The summed E-state index contributed by atoms with van der Waals surface area (Å²) in [4.78, 5) is 30.9. The molecule has 2 heterocycles. The first-order chi connectivity index (χ1) is 12.4. The van der Waals surface area contributed by atoms with Crippen molar-refractivity contribution in [2.75, 3.05) is 21.9 Å². The van der Waals surface area contributed by atoms with Gasteiger partial charge in [0, 0.05) is 24.6 Å². The van der Waals surface area contributed by atoms with Gasteiger partial charge in [-0.2, -0.15) is 0 Å². The lowest BCUT2D eigenvalue weighted by atomic mass is 10.2. The topological polar surface area (TPSA) is 130 Å². The molecule has 1 aromatic carbocycles. The molecule has 10 heteroatoms. The minimum atomic E-state index is -3.37. The third kappa shape index (κ3) is 3.64. The van der Waals surface area contributed by atoms with Gasteiger partial charge in [0.25, 0.3) is 5.91 Å². The molecule has 1 saturated heterocycles. The van der Waals surface area contributed by atoms with E-state index in [-0.39, 0.29) is 11.4 Å². The minimum absolute atomic E-state index is 0.0885.